The Morgan fingerprint density at radius 3 is 2.84 bits per heavy atom. The van der Waals surface area contributed by atoms with Gasteiger partial charge in [-0.2, -0.15) is 0 Å². The molecule has 0 saturated carbocycles. The Morgan fingerprint density at radius 2 is 2.06 bits per heavy atom. The lowest BCUT2D eigenvalue weighted by Crippen LogP contribution is -2.43. The summed E-state index contributed by atoms with van der Waals surface area (Å²) in [5.41, 5.74) is 0.812. The number of halogens is 1. The number of nitrogens with one attached hydrogen (secondary N) is 1. The van der Waals surface area contributed by atoms with Gasteiger partial charge in [-0.1, -0.05) is 12.1 Å². The maximum Gasteiger partial charge on any atom is 0.257 e. The minimum absolute atomic E-state index is 0.0157. The highest BCUT2D eigenvalue weighted by Gasteiger charge is 2.33. The first kappa shape index (κ1) is 21.2. The van der Waals surface area contributed by atoms with Crippen LogP contribution in [0.4, 0.5) is 4.39 Å². The number of piperidine rings is 1. The molecule has 1 aromatic heterocycles. The van der Waals surface area contributed by atoms with E-state index in [0.29, 0.717) is 43.0 Å². The maximum atomic E-state index is 14.2. The van der Waals surface area contributed by atoms with E-state index < -0.39 is 17.8 Å². The number of carbonyl (C=O) groups excluding carboxylic acids is 2. The molecule has 0 unspecified atom stereocenters. The predicted octanol–water partition coefficient (Wildman–Crippen LogP) is 1.81. The Kier molecular flexibility index (Phi) is 6.13. The molecule has 2 aliphatic rings. The first-order valence-corrected chi connectivity index (χ1v) is 10.4. The van der Waals surface area contributed by atoms with Crippen LogP contribution in [0.25, 0.3) is 0 Å². The number of hydrogen-bond acceptors (Lipinski definition) is 5. The van der Waals surface area contributed by atoms with E-state index in [0.717, 1.165) is 12.8 Å². The summed E-state index contributed by atoms with van der Waals surface area (Å²) in [5, 5.41) is 0. The molecule has 0 bridgehead atoms. The molecule has 1 atom stereocenters. The number of carbonyl (C=O) groups is 2. The highest BCUT2D eigenvalue weighted by Crippen LogP contribution is 2.31. The van der Waals surface area contributed by atoms with Crippen molar-refractivity contribution in [1.82, 2.24) is 19.8 Å². The monoisotopic (exact) mass is 428 g/mol. The van der Waals surface area contributed by atoms with Crippen molar-refractivity contribution in [3.05, 3.63) is 63.1 Å². The molecule has 0 spiro atoms. The van der Waals surface area contributed by atoms with Crippen LogP contribution in [0.1, 0.15) is 52.7 Å². The van der Waals surface area contributed by atoms with E-state index in [9.17, 15) is 18.8 Å². The van der Waals surface area contributed by atoms with Crippen molar-refractivity contribution in [2.75, 3.05) is 26.8 Å². The molecule has 1 fully saturated rings. The lowest BCUT2D eigenvalue weighted by molar-refractivity contribution is -0.136. The third-order valence-electron chi connectivity index (χ3n) is 5.89. The smallest absolute Gasteiger partial charge is 0.257 e. The van der Waals surface area contributed by atoms with Gasteiger partial charge in [-0.15, -0.1) is 0 Å². The van der Waals surface area contributed by atoms with Crippen LogP contribution in [0.5, 0.6) is 0 Å². The van der Waals surface area contributed by atoms with Gasteiger partial charge in [0.2, 0.25) is 5.91 Å². The fraction of sp³-hybridized carbons (Fsp3) is 0.455. The molecular weight excluding hydrogens is 403 g/mol. The topological polar surface area (TPSA) is 95.6 Å². The molecule has 0 radical (unpaired) electrons. The van der Waals surface area contributed by atoms with Crippen molar-refractivity contribution < 1.29 is 18.7 Å². The number of aromatic nitrogens is 2. The van der Waals surface area contributed by atoms with Crippen LogP contribution < -0.4 is 5.56 Å². The van der Waals surface area contributed by atoms with Crippen LogP contribution in [-0.4, -0.2) is 58.4 Å². The summed E-state index contributed by atoms with van der Waals surface area (Å²) in [6.45, 7) is 1.07. The number of fused-ring (bicyclic) bond motifs is 1. The van der Waals surface area contributed by atoms with Crippen LogP contribution in [0.15, 0.2) is 29.1 Å². The fourth-order valence-corrected chi connectivity index (χ4v) is 4.28. The van der Waals surface area contributed by atoms with Crippen LogP contribution in [0, 0.1) is 5.82 Å². The highest BCUT2D eigenvalue weighted by atomic mass is 19.1. The van der Waals surface area contributed by atoms with Crippen LogP contribution in [0.3, 0.4) is 0 Å². The van der Waals surface area contributed by atoms with Gasteiger partial charge in [0, 0.05) is 26.6 Å². The minimum atomic E-state index is -0.565. The second kappa shape index (κ2) is 8.97. The maximum absolute atomic E-state index is 14.2. The van der Waals surface area contributed by atoms with Gasteiger partial charge in [-0.05, 0) is 31.4 Å². The van der Waals surface area contributed by atoms with E-state index in [4.69, 9.17) is 4.74 Å². The van der Waals surface area contributed by atoms with Crippen LogP contribution in [-0.2, 0) is 22.5 Å². The number of ether oxygens (including phenoxy) is 1. The zero-order valence-corrected chi connectivity index (χ0v) is 17.4. The summed E-state index contributed by atoms with van der Waals surface area (Å²) in [6, 6.07) is 5.49. The van der Waals surface area contributed by atoms with E-state index >= 15 is 0 Å². The Balaban J connectivity index is 1.62. The largest absolute Gasteiger partial charge is 0.375 e. The molecule has 8 nitrogen and oxygen atoms in total. The summed E-state index contributed by atoms with van der Waals surface area (Å²) in [7, 11) is 1.45. The summed E-state index contributed by atoms with van der Waals surface area (Å²) in [4.78, 5) is 48.7. The highest BCUT2D eigenvalue weighted by molar-refractivity contribution is 5.94. The van der Waals surface area contributed by atoms with Gasteiger partial charge in [0.25, 0.3) is 11.5 Å². The summed E-state index contributed by atoms with van der Waals surface area (Å²) >= 11 is 0. The Labute approximate surface area is 179 Å². The Morgan fingerprint density at radius 1 is 1.26 bits per heavy atom. The number of benzene rings is 1. The molecule has 0 aliphatic carbocycles. The first-order valence-electron chi connectivity index (χ1n) is 10.4. The van der Waals surface area contributed by atoms with Gasteiger partial charge >= 0.3 is 0 Å². The zero-order valence-electron chi connectivity index (χ0n) is 17.4. The number of aromatic amines is 1. The van der Waals surface area contributed by atoms with Crippen molar-refractivity contribution in [2.24, 2.45) is 0 Å². The number of hydrogen-bond donors (Lipinski definition) is 1. The second-order valence-electron chi connectivity index (χ2n) is 7.86. The molecule has 3 heterocycles. The lowest BCUT2D eigenvalue weighted by Gasteiger charge is -2.36. The molecule has 4 rings (SSSR count). The second-order valence-corrected chi connectivity index (χ2v) is 7.86. The number of amides is 2. The van der Waals surface area contributed by atoms with Crippen molar-refractivity contribution in [3.8, 4) is 0 Å². The quantitative estimate of drug-likeness (QED) is 0.801. The van der Waals surface area contributed by atoms with Crippen LogP contribution in [0.2, 0.25) is 0 Å². The molecular formula is C22H25FN4O4. The Bertz CT molecular complexity index is 1050. The normalized spacial score (nSPS) is 18.6. The standard InChI is InChI=1S/C22H25FN4O4/c1-31-13-19(28)26-11-9-17-15(12-26)21(29)25-20(24-17)18-8-4-5-10-27(18)22(30)14-6-2-3-7-16(14)23/h2-3,6-7,18H,4-5,8-13H2,1H3,(H,24,25,29)/t18-/m0/s1. The first-order chi connectivity index (χ1) is 15.0. The molecule has 1 aromatic carbocycles. The number of nitrogens with zero attached hydrogens (tertiary/aromatic N) is 3. The summed E-state index contributed by atoms with van der Waals surface area (Å²) < 4.78 is 19.1. The lowest BCUT2D eigenvalue weighted by atomic mass is 9.99. The number of rotatable bonds is 4. The Hall–Kier alpha value is -3.07. The molecule has 164 valence electrons. The van der Waals surface area contributed by atoms with Crippen LogP contribution >= 0.6 is 0 Å². The van der Waals surface area contributed by atoms with Crippen molar-refractivity contribution in [1.29, 1.82) is 0 Å². The fourth-order valence-electron chi connectivity index (χ4n) is 4.28. The molecule has 2 aliphatic heterocycles. The van der Waals surface area contributed by atoms with E-state index in [1.165, 1.54) is 19.2 Å². The minimum Gasteiger partial charge on any atom is -0.375 e. The number of likely N-dealkylation sites (tertiary alicyclic amines) is 1. The molecule has 31 heavy (non-hydrogen) atoms. The van der Waals surface area contributed by atoms with E-state index in [1.807, 2.05) is 0 Å². The van der Waals surface area contributed by atoms with Crippen molar-refractivity contribution >= 4 is 11.8 Å². The van der Waals surface area contributed by atoms with Gasteiger partial charge in [-0.3, -0.25) is 14.4 Å². The van der Waals surface area contributed by atoms with E-state index in [1.54, 1.807) is 21.9 Å². The van der Waals surface area contributed by atoms with Gasteiger partial charge < -0.3 is 19.5 Å². The zero-order chi connectivity index (χ0) is 22.0. The van der Waals surface area contributed by atoms with Gasteiger partial charge in [0.15, 0.2) is 0 Å². The average Bonchev–Trinajstić information content (AvgIpc) is 2.79. The van der Waals surface area contributed by atoms with E-state index in [-0.39, 0.29) is 30.2 Å². The predicted molar refractivity (Wildman–Crippen MR) is 110 cm³/mol. The molecule has 9 heteroatoms. The van der Waals surface area contributed by atoms with Crippen molar-refractivity contribution in [3.63, 3.8) is 0 Å². The van der Waals surface area contributed by atoms with Gasteiger partial charge in [-0.25, -0.2) is 9.37 Å². The van der Waals surface area contributed by atoms with Gasteiger partial charge in [0.1, 0.15) is 18.2 Å². The van der Waals surface area contributed by atoms with E-state index in [2.05, 4.69) is 9.97 Å². The number of methoxy groups -OCH3 is 1. The molecule has 1 saturated heterocycles. The number of H-pyrrole nitrogens is 1. The summed E-state index contributed by atoms with van der Waals surface area (Å²) in [5.74, 6) is -0.723. The average molecular weight is 428 g/mol. The SMILES string of the molecule is COCC(=O)N1CCc2nc([C@@H]3CCCCN3C(=O)c3ccccc3F)[nH]c(=O)c2C1. The molecule has 2 aromatic rings. The molecule has 2 amide bonds. The third kappa shape index (κ3) is 4.23. The van der Waals surface area contributed by atoms with Gasteiger partial charge in [0.05, 0.1) is 29.4 Å². The third-order valence-corrected chi connectivity index (χ3v) is 5.89. The summed E-state index contributed by atoms with van der Waals surface area (Å²) in [6.07, 6.45) is 2.78. The molecule has 1 N–H and O–H groups in total. The van der Waals surface area contributed by atoms with Crippen molar-refractivity contribution in [2.45, 2.75) is 38.3 Å².